The number of halogens is 1. The lowest BCUT2D eigenvalue weighted by Crippen LogP contribution is -2.43. The molecule has 0 radical (unpaired) electrons. The van der Waals surface area contributed by atoms with Crippen molar-refractivity contribution >= 4 is 41.5 Å². The topological polar surface area (TPSA) is 128 Å². The zero-order valence-electron chi connectivity index (χ0n) is 29.2. The summed E-state index contributed by atoms with van der Waals surface area (Å²) in [6.07, 6.45) is 2.67. The fourth-order valence-corrected chi connectivity index (χ4v) is 6.14. The summed E-state index contributed by atoms with van der Waals surface area (Å²) in [4.78, 5) is 64.8. The minimum Gasteiger partial charge on any atom is -0.459 e. The number of cyclic esters (lactones) is 2. The summed E-state index contributed by atoms with van der Waals surface area (Å²) in [5, 5.41) is 3.41. The zero-order chi connectivity index (χ0) is 35.9. The molecule has 1 saturated heterocycles. The molecule has 1 N–H and O–H groups in total. The highest BCUT2D eigenvalue weighted by Gasteiger charge is 2.48. The monoisotopic (exact) mass is 693 g/mol. The number of hydrogen-bond donors (Lipinski definition) is 1. The number of aryl methyl sites for hydroxylation is 1. The van der Waals surface area contributed by atoms with E-state index in [1.807, 2.05) is 64.1 Å². The highest BCUT2D eigenvalue weighted by atomic mass is 35.5. The molecule has 264 valence electrons. The minimum absolute atomic E-state index is 0.0115. The number of aldehydes is 1. The van der Waals surface area contributed by atoms with Crippen LogP contribution in [0.2, 0.25) is 5.02 Å². The van der Waals surface area contributed by atoms with E-state index in [0.29, 0.717) is 11.4 Å². The lowest BCUT2D eigenvalue weighted by atomic mass is 9.85. The predicted octanol–water partition coefficient (Wildman–Crippen LogP) is 6.40. The van der Waals surface area contributed by atoms with E-state index < -0.39 is 41.5 Å². The van der Waals surface area contributed by atoms with Crippen molar-refractivity contribution in [1.29, 1.82) is 0 Å². The lowest BCUT2D eigenvalue weighted by molar-refractivity contribution is -0.179. The van der Waals surface area contributed by atoms with Crippen LogP contribution >= 0.6 is 11.6 Å². The molecule has 1 fully saturated rings. The van der Waals surface area contributed by atoms with Gasteiger partial charge in [-0.15, -0.1) is 0 Å². The molecule has 1 amide bonds. The second-order valence-corrected chi connectivity index (χ2v) is 14.7. The van der Waals surface area contributed by atoms with Crippen LogP contribution in [-0.2, 0) is 51.0 Å². The van der Waals surface area contributed by atoms with Crippen molar-refractivity contribution in [2.24, 2.45) is 17.3 Å². The van der Waals surface area contributed by atoms with Gasteiger partial charge >= 0.3 is 11.9 Å². The molecule has 6 atom stereocenters. The molecule has 2 aromatic carbocycles. The number of carbonyl (C=O) groups excluding carboxylic acids is 5. The van der Waals surface area contributed by atoms with Gasteiger partial charge in [0.05, 0.1) is 17.6 Å². The molecule has 2 aromatic rings. The van der Waals surface area contributed by atoms with Crippen molar-refractivity contribution in [1.82, 2.24) is 5.32 Å². The van der Waals surface area contributed by atoms with Crippen LogP contribution in [0.4, 0.5) is 0 Å². The number of rotatable bonds is 9. The Morgan fingerprint density at radius 2 is 1.69 bits per heavy atom. The number of Topliss-reactive ketones (excluding diaryl/α,β-unsaturated/α-hetero) is 1. The van der Waals surface area contributed by atoms with Crippen LogP contribution in [0.15, 0.2) is 54.6 Å². The molecule has 2 aliphatic heterocycles. The number of hydrogen-bond acceptors (Lipinski definition) is 8. The van der Waals surface area contributed by atoms with E-state index in [4.69, 9.17) is 25.8 Å². The molecule has 0 bridgehead atoms. The van der Waals surface area contributed by atoms with Crippen molar-refractivity contribution in [3.63, 3.8) is 0 Å². The molecule has 49 heavy (non-hydrogen) atoms. The average molecular weight is 694 g/mol. The molecule has 0 aromatic heterocycles. The predicted molar refractivity (Wildman–Crippen MR) is 186 cm³/mol. The zero-order valence-corrected chi connectivity index (χ0v) is 30.0. The molecule has 0 unspecified atom stereocenters. The first-order chi connectivity index (χ1) is 23.2. The van der Waals surface area contributed by atoms with E-state index >= 15 is 0 Å². The second-order valence-electron chi connectivity index (χ2n) is 14.3. The van der Waals surface area contributed by atoms with Gasteiger partial charge in [0.15, 0.2) is 11.9 Å². The van der Waals surface area contributed by atoms with E-state index in [1.54, 1.807) is 26.0 Å². The van der Waals surface area contributed by atoms with Crippen molar-refractivity contribution in [3.05, 3.63) is 81.9 Å². The smallest absolute Gasteiger partial charge is 0.347 e. The number of ketones is 1. The summed E-state index contributed by atoms with van der Waals surface area (Å²) in [6, 6.07) is 12.3. The van der Waals surface area contributed by atoms with Gasteiger partial charge in [0.2, 0.25) is 5.91 Å². The highest BCUT2D eigenvalue weighted by molar-refractivity contribution is 6.31. The first-order valence-corrected chi connectivity index (χ1v) is 17.4. The Bertz CT molecular complexity index is 1550. The van der Waals surface area contributed by atoms with Crippen LogP contribution < -0.4 is 5.32 Å². The SMILES string of the molecule is Cc1ccc(C[C@H]2NC(=O)/C=C/C[C@@H]([C@H](C)[C@H]3O[C@@H]3c3ccc(CC=O)cc3)OC(=O)[C@H](CC(C)C)OC(=O)C(C)(C)CCC2=O)cc1Cl. The fraction of sp³-hybridized carbons (Fsp3) is 0.513. The maximum atomic E-state index is 13.6. The van der Waals surface area contributed by atoms with Gasteiger partial charge in [-0.25, -0.2) is 4.79 Å². The summed E-state index contributed by atoms with van der Waals surface area (Å²) in [6.45, 7) is 11.0. The summed E-state index contributed by atoms with van der Waals surface area (Å²) >= 11 is 6.35. The van der Waals surface area contributed by atoms with Crippen molar-refractivity contribution in [3.8, 4) is 0 Å². The van der Waals surface area contributed by atoms with Crippen LogP contribution in [0.25, 0.3) is 0 Å². The number of amides is 1. The summed E-state index contributed by atoms with van der Waals surface area (Å²) in [7, 11) is 0. The number of epoxide rings is 1. The van der Waals surface area contributed by atoms with Crippen molar-refractivity contribution < 1.29 is 38.2 Å². The van der Waals surface area contributed by atoms with Gasteiger partial charge in [0.25, 0.3) is 0 Å². The molecule has 9 nitrogen and oxygen atoms in total. The third-order valence-corrected chi connectivity index (χ3v) is 9.70. The molecule has 4 rings (SSSR count). The molecular weight excluding hydrogens is 646 g/mol. The maximum Gasteiger partial charge on any atom is 0.347 e. The molecule has 0 spiro atoms. The quantitative estimate of drug-likeness (QED) is 0.182. The first kappa shape index (κ1) is 38.0. The van der Waals surface area contributed by atoms with Crippen LogP contribution in [-0.4, -0.2) is 54.3 Å². The van der Waals surface area contributed by atoms with Crippen LogP contribution in [0, 0.1) is 24.2 Å². The van der Waals surface area contributed by atoms with Gasteiger partial charge in [0, 0.05) is 30.2 Å². The van der Waals surface area contributed by atoms with Crippen molar-refractivity contribution in [2.75, 3.05) is 0 Å². The molecule has 0 aliphatic carbocycles. The van der Waals surface area contributed by atoms with Crippen LogP contribution in [0.5, 0.6) is 0 Å². The molecule has 2 heterocycles. The standard InChI is InChI=1S/C39H48ClNO8/c1-23(2)20-33-37(45)47-32(25(4)35-36(49-35)28-14-12-26(13-15-28)17-19-42)8-7-9-34(44)41-30(22-27-11-10-24(3)29(40)21-27)31(43)16-18-39(5,6)38(46)48-33/h7,9-15,19,21,23,25,30,32-33,35-36H,8,16-18,20,22H2,1-6H3,(H,41,44)/b9-7+/t25-,30+,32-,33-,35+,36+/m0/s1. The third-order valence-electron chi connectivity index (χ3n) is 9.29. The Morgan fingerprint density at radius 3 is 2.35 bits per heavy atom. The summed E-state index contributed by atoms with van der Waals surface area (Å²) in [5.74, 6) is -2.23. The number of ether oxygens (including phenoxy) is 3. The molecule has 2 aliphatic rings. The highest BCUT2D eigenvalue weighted by Crippen LogP contribution is 2.45. The minimum atomic E-state index is -1.14. The third kappa shape index (κ3) is 10.6. The average Bonchev–Trinajstić information content (AvgIpc) is 3.85. The Balaban J connectivity index is 1.60. The van der Waals surface area contributed by atoms with Crippen LogP contribution in [0.3, 0.4) is 0 Å². The van der Waals surface area contributed by atoms with Gasteiger partial charge in [-0.3, -0.25) is 14.4 Å². The van der Waals surface area contributed by atoms with Crippen LogP contribution in [0.1, 0.15) is 88.7 Å². The number of nitrogens with one attached hydrogen (secondary N) is 1. The van der Waals surface area contributed by atoms with E-state index in [2.05, 4.69) is 5.32 Å². The largest absolute Gasteiger partial charge is 0.459 e. The molecular formula is C39H48ClNO8. The number of benzene rings is 2. The molecule has 0 saturated carbocycles. The summed E-state index contributed by atoms with van der Waals surface area (Å²) in [5.41, 5.74) is 2.45. The maximum absolute atomic E-state index is 13.6. The lowest BCUT2D eigenvalue weighted by Gasteiger charge is -2.29. The Labute approximate surface area is 294 Å². The van der Waals surface area contributed by atoms with E-state index in [0.717, 1.165) is 28.5 Å². The van der Waals surface area contributed by atoms with Gasteiger partial charge in [0.1, 0.15) is 18.5 Å². The van der Waals surface area contributed by atoms with Gasteiger partial charge in [-0.2, -0.15) is 0 Å². The fourth-order valence-electron chi connectivity index (χ4n) is 5.93. The second kappa shape index (κ2) is 16.7. The Kier molecular flexibility index (Phi) is 13.0. The summed E-state index contributed by atoms with van der Waals surface area (Å²) < 4.78 is 18.0. The van der Waals surface area contributed by atoms with Gasteiger partial charge in [-0.05, 0) is 80.3 Å². The van der Waals surface area contributed by atoms with E-state index in [1.165, 1.54) is 6.08 Å². The van der Waals surface area contributed by atoms with E-state index in [-0.39, 0.29) is 61.9 Å². The van der Waals surface area contributed by atoms with E-state index in [9.17, 15) is 24.0 Å². The Morgan fingerprint density at radius 1 is 1.00 bits per heavy atom. The number of carbonyl (C=O) groups is 5. The number of esters is 2. The van der Waals surface area contributed by atoms with Crippen molar-refractivity contribution in [2.45, 2.75) is 111 Å². The van der Waals surface area contributed by atoms with Gasteiger partial charge in [-0.1, -0.05) is 74.8 Å². The molecule has 10 heteroatoms. The Hall–Kier alpha value is -3.82. The first-order valence-electron chi connectivity index (χ1n) is 17.0. The van der Waals surface area contributed by atoms with Gasteiger partial charge < -0.3 is 24.3 Å². The normalized spacial score (nSPS) is 26.3.